The molecule has 17 aromatic carbocycles. The van der Waals surface area contributed by atoms with Crippen molar-refractivity contribution in [3.05, 3.63) is 393 Å². The summed E-state index contributed by atoms with van der Waals surface area (Å²) in [5.74, 6) is 0. The van der Waals surface area contributed by atoms with E-state index in [4.69, 9.17) is 0 Å². The number of aromatic nitrogens is 2. The smallest absolute Gasteiger partial charge is 0.252 e. The fraction of sp³-hybridized carbons (Fsp3) is 0.0727. The SMILES string of the molecule is CC(C)(C)c1cc(-c2ccc3c(c2)N(c2c(-c4ccccc4)cc(-c4ccccc4)cc2-c2ccccc2)c2cc(-c4ccc5c(c4)c4cccc6c7ccccc7n5c64)cc4c2B3c2ccc(-n3c5ccccc5c5ccccc53)cc2N4c2c(-c3ccccc3)cc(-c3ccccc3)cc2-c2ccccc2)cc(C(C)(C)C)c1. The summed E-state index contributed by atoms with van der Waals surface area (Å²) < 4.78 is 5.02. The van der Waals surface area contributed by atoms with Crippen molar-refractivity contribution in [1.82, 2.24) is 8.97 Å². The van der Waals surface area contributed by atoms with Crippen LogP contribution in [0, 0.1) is 0 Å². The Kier molecular flexibility index (Phi) is 15.5. The fourth-order valence-corrected chi connectivity index (χ4v) is 19.1. The van der Waals surface area contributed by atoms with E-state index in [9.17, 15) is 0 Å². The minimum atomic E-state index is -0.298. The highest BCUT2D eigenvalue weighted by molar-refractivity contribution is 7.00. The van der Waals surface area contributed by atoms with Crippen LogP contribution in [0.3, 0.4) is 0 Å². The summed E-state index contributed by atoms with van der Waals surface area (Å²) in [6.45, 7) is 13.8. The molecule has 115 heavy (non-hydrogen) atoms. The zero-order valence-corrected chi connectivity index (χ0v) is 65.2. The molecule has 4 nitrogen and oxygen atoms in total. The van der Waals surface area contributed by atoms with Crippen molar-refractivity contribution in [1.29, 1.82) is 0 Å². The van der Waals surface area contributed by atoms with E-state index in [1.807, 2.05) is 0 Å². The second-order valence-electron chi connectivity index (χ2n) is 33.5. The minimum Gasteiger partial charge on any atom is -0.310 e. The van der Waals surface area contributed by atoms with Crippen LogP contribution in [0.15, 0.2) is 382 Å². The maximum absolute atomic E-state index is 2.74. The predicted octanol–water partition coefficient (Wildman–Crippen LogP) is 27.9. The van der Waals surface area contributed by atoms with E-state index < -0.39 is 0 Å². The lowest BCUT2D eigenvalue weighted by atomic mass is 9.33. The second kappa shape index (κ2) is 26.3. The van der Waals surface area contributed by atoms with Crippen molar-refractivity contribution in [2.45, 2.75) is 52.4 Å². The number of para-hydroxylation sites is 4. The highest BCUT2D eigenvalue weighted by Gasteiger charge is 2.46. The number of benzene rings is 17. The minimum absolute atomic E-state index is 0.127. The van der Waals surface area contributed by atoms with Gasteiger partial charge in [0.1, 0.15) is 0 Å². The van der Waals surface area contributed by atoms with E-state index in [0.717, 1.165) is 134 Å². The van der Waals surface area contributed by atoms with E-state index in [0.29, 0.717) is 0 Å². The molecule has 5 heterocycles. The Morgan fingerprint density at radius 3 is 1.03 bits per heavy atom. The Labute approximate surface area is 671 Å². The molecule has 0 amide bonds. The standard InChI is InChI=1S/C110H81BN4/c1-109(2,3)82-58-78(59-83(68-82)110(4,5)6)77-52-55-95-101(65-77)114(107-90(72-36-17-9-18-37-72)61-79(70-32-13-7-14-33-70)62-91(107)73-38-19-10-20-39-73)103-66-81(76-53-57-100-94(60-76)89-48-31-47-88-87-46-27-30-51-99(87)113(100)106(88)89)67-104-105(103)111(95)96-56-54-84(112-97-49-28-25-44-85(97)86-45-26-29-50-98(86)112)69-102(96)115(104)108-92(74-40-21-11-22-41-74)63-80(71-34-15-8-16-35-71)64-93(108)75-42-23-12-24-43-75/h7-69H,1-6H3. The van der Waals surface area contributed by atoms with Crippen LogP contribution in [0.2, 0.25) is 0 Å². The largest absolute Gasteiger partial charge is 0.310 e. The van der Waals surface area contributed by atoms with Gasteiger partial charge in [-0.05, 0) is 190 Å². The molecule has 2 aliphatic rings. The first-order valence-corrected chi connectivity index (χ1v) is 40.4. The van der Waals surface area contributed by atoms with Gasteiger partial charge in [0, 0.05) is 83.0 Å². The van der Waals surface area contributed by atoms with Gasteiger partial charge in [-0.15, -0.1) is 0 Å². The molecule has 0 aliphatic carbocycles. The van der Waals surface area contributed by atoms with Crippen LogP contribution in [0.4, 0.5) is 34.1 Å². The number of hydrogen-bond acceptors (Lipinski definition) is 2. The van der Waals surface area contributed by atoms with Gasteiger partial charge in [0.25, 0.3) is 6.71 Å². The van der Waals surface area contributed by atoms with Crippen LogP contribution in [0.1, 0.15) is 52.7 Å². The molecule has 3 aromatic heterocycles. The number of anilines is 6. The Balaban J connectivity index is 0.937. The lowest BCUT2D eigenvalue weighted by molar-refractivity contribution is 0.569. The lowest BCUT2D eigenvalue weighted by Crippen LogP contribution is -2.61. The lowest BCUT2D eigenvalue weighted by Gasteiger charge is -2.46. The van der Waals surface area contributed by atoms with Crippen molar-refractivity contribution in [3.8, 4) is 94.7 Å². The van der Waals surface area contributed by atoms with Crippen LogP contribution in [-0.4, -0.2) is 15.7 Å². The predicted molar refractivity (Wildman–Crippen MR) is 490 cm³/mol. The Hall–Kier alpha value is -14.0. The van der Waals surface area contributed by atoms with E-state index in [1.54, 1.807) is 0 Å². The van der Waals surface area contributed by atoms with Crippen LogP contribution in [0.5, 0.6) is 0 Å². The summed E-state index contributed by atoms with van der Waals surface area (Å²) in [6.07, 6.45) is 0. The quantitative estimate of drug-likeness (QED) is 0.120. The number of rotatable bonds is 11. The molecule has 0 atom stereocenters. The summed E-state index contributed by atoms with van der Waals surface area (Å²) in [6, 6.07) is 145. The normalized spacial score (nSPS) is 12.7. The maximum Gasteiger partial charge on any atom is 0.252 e. The summed E-state index contributed by atoms with van der Waals surface area (Å²) in [5, 5.41) is 7.42. The molecule has 22 rings (SSSR count). The molecular weight excluding hydrogens is 1390 g/mol. The molecule has 0 saturated carbocycles. The van der Waals surface area contributed by atoms with E-state index in [2.05, 4.69) is 442 Å². The van der Waals surface area contributed by atoms with Gasteiger partial charge < -0.3 is 18.8 Å². The fourth-order valence-electron chi connectivity index (χ4n) is 19.1. The second-order valence-corrected chi connectivity index (χ2v) is 33.5. The maximum atomic E-state index is 2.74. The van der Waals surface area contributed by atoms with E-state index >= 15 is 0 Å². The van der Waals surface area contributed by atoms with Crippen molar-refractivity contribution >= 4 is 117 Å². The van der Waals surface area contributed by atoms with Gasteiger partial charge in [-0.25, -0.2) is 0 Å². The molecule has 0 fully saturated rings. The number of fused-ring (bicyclic) bond motifs is 13. The molecule has 0 radical (unpaired) electrons. The van der Waals surface area contributed by atoms with Gasteiger partial charge >= 0.3 is 0 Å². The third-order valence-electron chi connectivity index (χ3n) is 24.7. The van der Waals surface area contributed by atoms with Gasteiger partial charge in [-0.1, -0.05) is 339 Å². The van der Waals surface area contributed by atoms with Gasteiger partial charge in [-0.2, -0.15) is 0 Å². The number of nitrogens with zero attached hydrogens (tertiary/aromatic N) is 4. The number of hydrogen-bond donors (Lipinski definition) is 0. The zero-order valence-electron chi connectivity index (χ0n) is 65.2. The first kappa shape index (κ1) is 67.9. The van der Waals surface area contributed by atoms with Crippen molar-refractivity contribution < 1.29 is 0 Å². The van der Waals surface area contributed by atoms with E-state index in [1.165, 1.54) is 81.9 Å². The van der Waals surface area contributed by atoms with Gasteiger partial charge in [0.15, 0.2) is 0 Å². The van der Waals surface area contributed by atoms with Crippen LogP contribution in [-0.2, 0) is 10.8 Å². The highest BCUT2D eigenvalue weighted by Crippen LogP contribution is 2.57. The molecule has 0 N–H and O–H groups in total. The van der Waals surface area contributed by atoms with Crippen molar-refractivity contribution in [3.63, 3.8) is 0 Å². The third-order valence-corrected chi connectivity index (χ3v) is 24.7. The van der Waals surface area contributed by atoms with Gasteiger partial charge in [0.2, 0.25) is 0 Å². The highest BCUT2D eigenvalue weighted by atomic mass is 15.2. The summed E-state index contributed by atoms with van der Waals surface area (Å²) in [4.78, 5) is 5.47. The Morgan fingerprint density at radius 2 is 0.565 bits per heavy atom. The summed E-state index contributed by atoms with van der Waals surface area (Å²) in [7, 11) is 0. The van der Waals surface area contributed by atoms with Gasteiger partial charge in [-0.3, -0.25) is 0 Å². The molecule has 0 bridgehead atoms. The summed E-state index contributed by atoms with van der Waals surface area (Å²) in [5.41, 5.74) is 37.8. The van der Waals surface area contributed by atoms with Crippen LogP contribution in [0.25, 0.3) is 155 Å². The van der Waals surface area contributed by atoms with Crippen molar-refractivity contribution in [2.75, 3.05) is 9.80 Å². The topological polar surface area (TPSA) is 15.8 Å². The average molecular weight is 1470 g/mol. The first-order chi connectivity index (χ1) is 56.3. The van der Waals surface area contributed by atoms with Crippen LogP contribution < -0.4 is 26.2 Å². The molecule has 544 valence electrons. The molecule has 5 heteroatoms. The molecular formula is C110H81BN4. The summed E-state index contributed by atoms with van der Waals surface area (Å²) >= 11 is 0. The first-order valence-electron chi connectivity index (χ1n) is 40.4. The average Bonchev–Trinajstić information content (AvgIpc) is 1.49. The Morgan fingerprint density at radius 1 is 0.226 bits per heavy atom. The van der Waals surface area contributed by atoms with E-state index in [-0.39, 0.29) is 17.5 Å². The Bertz CT molecular complexity index is 7060. The third kappa shape index (κ3) is 11.0. The van der Waals surface area contributed by atoms with Crippen LogP contribution >= 0.6 is 0 Å². The monoisotopic (exact) mass is 1470 g/mol. The molecule has 0 spiro atoms. The zero-order chi connectivity index (χ0) is 77.0. The van der Waals surface area contributed by atoms with Crippen molar-refractivity contribution in [2.24, 2.45) is 0 Å². The molecule has 2 aliphatic heterocycles. The molecule has 0 unspecified atom stereocenters. The van der Waals surface area contributed by atoms with Gasteiger partial charge in [0.05, 0.1) is 39.0 Å². The molecule has 0 saturated heterocycles. The molecule has 20 aromatic rings.